The van der Waals surface area contributed by atoms with Gasteiger partial charge in [-0.15, -0.1) is 0 Å². The first-order valence-electron chi connectivity index (χ1n) is 9.50. The molecule has 3 rings (SSSR count). The van der Waals surface area contributed by atoms with Crippen molar-refractivity contribution in [2.24, 2.45) is 0 Å². The fourth-order valence-corrected chi connectivity index (χ4v) is 3.62. The van der Waals surface area contributed by atoms with Crippen LogP contribution in [0.25, 0.3) is 0 Å². The molecule has 3 amide bonds. The van der Waals surface area contributed by atoms with Crippen LogP contribution in [0.2, 0.25) is 0 Å². The molecule has 1 aromatic rings. The standard InChI is InChI=1S/C20H27N3O3/c1-16(24)21-12-14-23(15-13-21)20(26)18-8-6-17(7-9-18)19(25)22-10-4-2-3-5-11-22/h6-9H,2-5,10-15H2,1H3. The smallest absolute Gasteiger partial charge is 0.253 e. The van der Waals surface area contributed by atoms with E-state index in [0.717, 1.165) is 25.9 Å². The lowest BCUT2D eigenvalue weighted by Gasteiger charge is -2.34. The van der Waals surface area contributed by atoms with Crippen LogP contribution in [0.5, 0.6) is 0 Å². The maximum atomic E-state index is 12.6. The fourth-order valence-electron chi connectivity index (χ4n) is 3.62. The molecule has 2 saturated heterocycles. The summed E-state index contributed by atoms with van der Waals surface area (Å²) >= 11 is 0. The number of rotatable bonds is 2. The monoisotopic (exact) mass is 357 g/mol. The van der Waals surface area contributed by atoms with Gasteiger partial charge in [0.05, 0.1) is 0 Å². The molecule has 140 valence electrons. The van der Waals surface area contributed by atoms with Crippen LogP contribution in [0.1, 0.15) is 53.3 Å². The van der Waals surface area contributed by atoms with Gasteiger partial charge in [0.15, 0.2) is 0 Å². The molecule has 2 aliphatic heterocycles. The number of hydrogen-bond donors (Lipinski definition) is 0. The minimum Gasteiger partial charge on any atom is -0.339 e. The van der Waals surface area contributed by atoms with Crippen LogP contribution < -0.4 is 0 Å². The van der Waals surface area contributed by atoms with Crippen molar-refractivity contribution in [3.05, 3.63) is 35.4 Å². The second-order valence-electron chi connectivity index (χ2n) is 7.08. The van der Waals surface area contributed by atoms with Gasteiger partial charge >= 0.3 is 0 Å². The summed E-state index contributed by atoms with van der Waals surface area (Å²) in [6, 6.07) is 6.99. The molecule has 26 heavy (non-hydrogen) atoms. The third-order valence-electron chi connectivity index (χ3n) is 5.28. The first kappa shape index (κ1) is 18.4. The molecule has 6 nitrogen and oxygen atoms in total. The van der Waals surface area contributed by atoms with Crippen LogP contribution in [0, 0.1) is 0 Å². The Hall–Kier alpha value is -2.37. The molecule has 0 spiro atoms. The van der Waals surface area contributed by atoms with Crippen molar-refractivity contribution >= 4 is 17.7 Å². The molecular formula is C20H27N3O3. The van der Waals surface area contributed by atoms with Gasteiger partial charge in [0.1, 0.15) is 0 Å². The van der Waals surface area contributed by atoms with Crippen molar-refractivity contribution in [1.82, 2.24) is 14.7 Å². The molecule has 2 aliphatic rings. The van der Waals surface area contributed by atoms with Crippen LogP contribution in [0.4, 0.5) is 0 Å². The molecule has 1 aromatic carbocycles. The predicted octanol–water partition coefficient (Wildman–Crippen LogP) is 2.01. The van der Waals surface area contributed by atoms with Gasteiger partial charge in [0.25, 0.3) is 11.8 Å². The topological polar surface area (TPSA) is 60.9 Å². The average molecular weight is 357 g/mol. The van der Waals surface area contributed by atoms with Gasteiger partial charge < -0.3 is 14.7 Å². The third kappa shape index (κ3) is 4.23. The normalized spacial score (nSPS) is 18.4. The highest BCUT2D eigenvalue weighted by Crippen LogP contribution is 2.15. The van der Waals surface area contributed by atoms with Gasteiger partial charge in [0.2, 0.25) is 5.91 Å². The van der Waals surface area contributed by atoms with E-state index in [1.807, 2.05) is 4.90 Å². The molecule has 2 fully saturated rings. The van der Waals surface area contributed by atoms with Crippen LogP contribution in [0.3, 0.4) is 0 Å². The van der Waals surface area contributed by atoms with Crippen molar-refractivity contribution in [2.45, 2.75) is 32.6 Å². The zero-order valence-electron chi connectivity index (χ0n) is 15.4. The lowest BCUT2D eigenvalue weighted by atomic mass is 10.1. The molecule has 2 heterocycles. The van der Waals surface area contributed by atoms with E-state index in [2.05, 4.69) is 0 Å². The molecule has 0 saturated carbocycles. The third-order valence-corrected chi connectivity index (χ3v) is 5.28. The Morgan fingerprint density at radius 3 is 1.42 bits per heavy atom. The second-order valence-corrected chi connectivity index (χ2v) is 7.08. The first-order valence-corrected chi connectivity index (χ1v) is 9.50. The SMILES string of the molecule is CC(=O)N1CCN(C(=O)c2ccc(C(=O)N3CCCCCC3)cc2)CC1. The summed E-state index contributed by atoms with van der Waals surface area (Å²) in [6.45, 7) is 5.44. The number of piperazine rings is 1. The highest BCUT2D eigenvalue weighted by molar-refractivity contribution is 5.98. The first-order chi connectivity index (χ1) is 12.6. The summed E-state index contributed by atoms with van der Waals surface area (Å²) in [4.78, 5) is 42.1. The molecule has 6 heteroatoms. The van der Waals surface area contributed by atoms with Crippen LogP contribution in [0.15, 0.2) is 24.3 Å². The Morgan fingerprint density at radius 2 is 1.00 bits per heavy atom. The number of benzene rings is 1. The van der Waals surface area contributed by atoms with E-state index in [1.165, 1.54) is 12.8 Å². The van der Waals surface area contributed by atoms with Crippen LogP contribution >= 0.6 is 0 Å². The minimum absolute atomic E-state index is 0.0398. The van der Waals surface area contributed by atoms with Gasteiger partial charge in [-0.05, 0) is 37.1 Å². The Balaban J connectivity index is 1.61. The molecule has 0 aliphatic carbocycles. The highest BCUT2D eigenvalue weighted by Gasteiger charge is 2.24. The molecule has 0 N–H and O–H groups in total. The Bertz CT molecular complexity index is 655. The van der Waals surface area contributed by atoms with Gasteiger partial charge in [-0.3, -0.25) is 14.4 Å². The van der Waals surface area contributed by atoms with Gasteiger partial charge in [-0.1, -0.05) is 12.8 Å². The Kier molecular flexibility index (Phi) is 5.91. The van der Waals surface area contributed by atoms with E-state index in [4.69, 9.17) is 0 Å². The van der Waals surface area contributed by atoms with E-state index >= 15 is 0 Å². The molecule has 0 radical (unpaired) electrons. The van der Waals surface area contributed by atoms with Crippen molar-refractivity contribution in [3.8, 4) is 0 Å². The summed E-state index contributed by atoms with van der Waals surface area (Å²) in [7, 11) is 0. The van der Waals surface area contributed by atoms with Crippen LogP contribution in [-0.2, 0) is 4.79 Å². The average Bonchev–Trinajstić information content (AvgIpc) is 2.96. The largest absolute Gasteiger partial charge is 0.339 e. The van der Waals surface area contributed by atoms with Crippen molar-refractivity contribution in [2.75, 3.05) is 39.3 Å². The molecule has 0 bridgehead atoms. The summed E-state index contributed by atoms with van der Waals surface area (Å²) in [5.74, 6) is 0.0661. The number of likely N-dealkylation sites (tertiary alicyclic amines) is 1. The number of hydrogen-bond acceptors (Lipinski definition) is 3. The van der Waals surface area contributed by atoms with E-state index in [9.17, 15) is 14.4 Å². The van der Waals surface area contributed by atoms with E-state index in [1.54, 1.807) is 41.0 Å². The number of nitrogens with zero attached hydrogens (tertiary/aromatic N) is 3. The van der Waals surface area contributed by atoms with Crippen molar-refractivity contribution < 1.29 is 14.4 Å². The molecule has 0 aromatic heterocycles. The molecular weight excluding hydrogens is 330 g/mol. The second kappa shape index (κ2) is 8.34. The molecule has 0 unspecified atom stereocenters. The number of amides is 3. The van der Waals surface area contributed by atoms with Gasteiger partial charge in [-0.25, -0.2) is 0 Å². The quantitative estimate of drug-likeness (QED) is 0.813. The van der Waals surface area contributed by atoms with E-state index < -0.39 is 0 Å². The maximum absolute atomic E-state index is 12.6. The summed E-state index contributed by atoms with van der Waals surface area (Å²) < 4.78 is 0. The van der Waals surface area contributed by atoms with Gasteiger partial charge in [0, 0.05) is 57.3 Å². The van der Waals surface area contributed by atoms with Crippen LogP contribution in [-0.4, -0.2) is 71.7 Å². The summed E-state index contributed by atoms with van der Waals surface area (Å²) in [5.41, 5.74) is 1.23. The highest BCUT2D eigenvalue weighted by atomic mass is 16.2. The van der Waals surface area contributed by atoms with E-state index in [-0.39, 0.29) is 17.7 Å². The van der Waals surface area contributed by atoms with Crippen molar-refractivity contribution in [3.63, 3.8) is 0 Å². The maximum Gasteiger partial charge on any atom is 0.253 e. The van der Waals surface area contributed by atoms with Gasteiger partial charge in [-0.2, -0.15) is 0 Å². The number of carbonyl (C=O) groups excluding carboxylic acids is 3. The lowest BCUT2D eigenvalue weighted by Crippen LogP contribution is -2.50. The predicted molar refractivity (Wildman–Crippen MR) is 99.0 cm³/mol. The lowest BCUT2D eigenvalue weighted by molar-refractivity contribution is -0.130. The zero-order valence-corrected chi connectivity index (χ0v) is 15.4. The number of carbonyl (C=O) groups is 3. The fraction of sp³-hybridized carbons (Fsp3) is 0.550. The Labute approximate surface area is 154 Å². The Morgan fingerprint density at radius 1 is 0.615 bits per heavy atom. The van der Waals surface area contributed by atoms with E-state index in [0.29, 0.717) is 37.3 Å². The minimum atomic E-state index is -0.0398. The summed E-state index contributed by atoms with van der Waals surface area (Å²) in [6.07, 6.45) is 4.51. The van der Waals surface area contributed by atoms with Crippen molar-refractivity contribution in [1.29, 1.82) is 0 Å². The zero-order chi connectivity index (χ0) is 18.5. The summed E-state index contributed by atoms with van der Waals surface area (Å²) in [5, 5.41) is 0. The molecule has 0 atom stereocenters.